The molecule has 144 valence electrons. The Morgan fingerprint density at radius 3 is 2.56 bits per heavy atom. The van der Waals surface area contributed by atoms with Gasteiger partial charge in [-0.05, 0) is 60.7 Å². The third-order valence-corrected chi connectivity index (χ3v) is 7.76. The number of benzene rings is 1. The van der Waals surface area contributed by atoms with Gasteiger partial charge in [0.1, 0.15) is 16.7 Å². The van der Waals surface area contributed by atoms with Crippen molar-refractivity contribution >= 4 is 32.7 Å². The molecule has 2 heterocycles. The Morgan fingerprint density at radius 1 is 1.15 bits per heavy atom. The molecule has 0 aliphatic carbocycles. The number of aryl methyl sites for hydroxylation is 2. The minimum absolute atomic E-state index is 0.128. The molecule has 0 aliphatic heterocycles. The van der Waals surface area contributed by atoms with Gasteiger partial charge in [0.25, 0.3) is 0 Å². The van der Waals surface area contributed by atoms with Gasteiger partial charge in [-0.25, -0.2) is 13.1 Å². The van der Waals surface area contributed by atoms with Crippen LogP contribution in [0.2, 0.25) is 0 Å². The number of nitrogens with one attached hydrogen (secondary N) is 1. The van der Waals surface area contributed by atoms with Crippen LogP contribution in [-0.4, -0.2) is 20.6 Å². The Bertz CT molecular complexity index is 1020. The van der Waals surface area contributed by atoms with Crippen molar-refractivity contribution < 1.29 is 18.3 Å². The molecule has 2 aromatic heterocycles. The molecule has 3 aromatic rings. The first-order chi connectivity index (χ1) is 12.8. The first kappa shape index (κ1) is 20.0. The molecule has 27 heavy (non-hydrogen) atoms. The van der Waals surface area contributed by atoms with Crippen LogP contribution >= 0.6 is 22.7 Å². The number of ether oxygens (including phenoxy) is 1. The molecule has 0 radical (unpaired) electrons. The first-order valence-corrected chi connectivity index (χ1v) is 11.4. The predicted molar refractivity (Wildman–Crippen MR) is 109 cm³/mol. The number of sulfonamides is 1. The van der Waals surface area contributed by atoms with E-state index in [2.05, 4.69) is 4.72 Å². The Kier molecular flexibility index (Phi) is 6.02. The van der Waals surface area contributed by atoms with Gasteiger partial charge in [-0.15, -0.1) is 22.7 Å². The third-order valence-electron chi connectivity index (χ3n) is 4.27. The molecule has 8 heteroatoms. The highest BCUT2D eigenvalue weighted by Gasteiger charge is 2.21. The Morgan fingerprint density at radius 2 is 1.89 bits per heavy atom. The second kappa shape index (κ2) is 8.12. The number of aliphatic hydroxyl groups excluding tert-OH is 1. The average Bonchev–Trinajstić information content (AvgIpc) is 3.33. The lowest BCUT2D eigenvalue weighted by Crippen LogP contribution is -2.23. The Hall–Kier alpha value is -1.71. The van der Waals surface area contributed by atoms with Crippen molar-refractivity contribution in [3.8, 4) is 5.75 Å². The van der Waals surface area contributed by atoms with E-state index in [0.29, 0.717) is 5.75 Å². The fourth-order valence-electron chi connectivity index (χ4n) is 2.60. The quantitative estimate of drug-likeness (QED) is 0.602. The first-order valence-electron chi connectivity index (χ1n) is 8.27. The molecular formula is C19H21NO4S3. The SMILES string of the molecule is COc1cc(C)c(C)cc1S(=O)(=O)NCc1ccc(C(O)c2cccs2)s1. The molecule has 0 fully saturated rings. The molecule has 0 bridgehead atoms. The van der Waals surface area contributed by atoms with Gasteiger partial charge in [-0.2, -0.15) is 0 Å². The number of rotatable bonds is 7. The molecule has 0 aliphatic rings. The Labute approximate surface area is 167 Å². The summed E-state index contributed by atoms with van der Waals surface area (Å²) in [5.74, 6) is 0.325. The van der Waals surface area contributed by atoms with E-state index in [1.165, 1.54) is 29.8 Å². The van der Waals surface area contributed by atoms with Crippen molar-refractivity contribution in [2.24, 2.45) is 0 Å². The van der Waals surface area contributed by atoms with Gasteiger partial charge < -0.3 is 9.84 Å². The minimum atomic E-state index is -3.72. The predicted octanol–water partition coefficient (Wildman–Crippen LogP) is 4.00. The lowest BCUT2D eigenvalue weighted by molar-refractivity contribution is 0.228. The van der Waals surface area contributed by atoms with Gasteiger partial charge in [-0.3, -0.25) is 0 Å². The molecule has 2 N–H and O–H groups in total. The van der Waals surface area contributed by atoms with Crippen LogP contribution in [0.4, 0.5) is 0 Å². The topological polar surface area (TPSA) is 75.6 Å². The van der Waals surface area contributed by atoms with Crippen LogP contribution in [0.15, 0.2) is 46.7 Å². The molecule has 1 unspecified atom stereocenters. The van der Waals surface area contributed by atoms with Crippen molar-refractivity contribution in [3.63, 3.8) is 0 Å². The van der Waals surface area contributed by atoms with Crippen molar-refractivity contribution in [1.29, 1.82) is 0 Å². The largest absolute Gasteiger partial charge is 0.495 e. The summed E-state index contributed by atoms with van der Waals surface area (Å²) < 4.78 is 33.4. The molecule has 0 saturated carbocycles. The second-order valence-electron chi connectivity index (χ2n) is 6.13. The standard InChI is InChI=1S/C19H21NO4S3/c1-12-9-15(24-3)18(10-13(12)2)27(22,23)20-11-14-6-7-17(26-14)19(21)16-5-4-8-25-16/h4-10,19-21H,11H2,1-3H3. The summed E-state index contributed by atoms with van der Waals surface area (Å²) in [7, 11) is -2.26. The number of aliphatic hydroxyl groups is 1. The zero-order valence-corrected chi connectivity index (χ0v) is 17.7. The minimum Gasteiger partial charge on any atom is -0.495 e. The summed E-state index contributed by atoms with van der Waals surface area (Å²) in [5.41, 5.74) is 1.85. The van der Waals surface area contributed by atoms with Gasteiger partial charge in [0.05, 0.1) is 7.11 Å². The number of thiophene rings is 2. The summed E-state index contributed by atoms with van der Waals surface area (Å²) in [5, 5.41) is 12.3. The highest BCUT2D eigenvalue weighted by Crippen LogP contribution is 2.31. The van der Waals surface area contributed by atoms with Gasteiger partial charge in [0, 0.05) is 21.2 Å². The zero-order chi connectivity index (χ0) is 19.6. The third kappa shape index (κ3) is 4.41. The van der Waals surface area contributed by atoms with Crippen LogP contribution in [-0.2, 0) is 16.6 Å². The summed E-state index contributed by atoms with van der Waals surface area (Å²) in [6.45, 7) is 3.93. The molecule has 3 rings (SSSR count). The van der Waals surface area contributed by atoms with Crippen molar-refractivity contribution in [1.82, 2.24) is 4.72 Å². The summed E-state index contributed by atoms with van der Waals surface area (Å²) in [4.78, 5) is 2.61. The average molecular weight is 424 g/mol. The van der Waals surface area contributed by atoms with Crippen molar-refractivity contribution in [2.45, 2.75) is 31.4 Å². The van der Waals surface area contributed by atoms with E-state index in [0.717, 1.165) is 25.8 Å². The number of hydrogen-bond donors (Lipinski definition) is 2. The van der Waals surface area contributed by atoms with Gasteiger partial charge in [-0.1, -0.05) is 6.07 Å². The normalized spacial score (nSPS) is 12.9. The van der Waals surface area contributed by atoms with Crippen LogP contribution in [0.25, 0.3) is 0 Å². The fourth-order valence-corrected chi connectivity index (χ4v) is 5.69. The van der Waals surface area contributed by atoms with E-state index < -0.39 is 16.1 Å². The van der Waals surface area contributed by atoms with E-state index in [1.54, 1.807) is 12.1 Å². The van der Waals surface area contributed by atoms with E-state index >= 15 is 0 Å². The molecule has 1 atom stereocenters. The number of hydrogen-bond acceptors (Lipinski definition) is 6. The van der Waals surface area contributed by atoms with Gasteiger partial charge in [0.15, 0.2) is 0 Å². The van der Waals surface area contributed by atoms with Crippen LogP contribution in [0.1, 0.15) is 31.9 Å². The molecule has 0 amide bonds. The van der Waals surface area contributed by atoms with E-state index in [9.17, 15) is 13.5 Å². The van der Waals surface area contributed by atoms with Crippen LogP contribution in [0.5, 0.6) is 5.75 Å². The lowest BCUT2D eigenvalue weighted by atomic mass is 10.1. The maximum absolute atomic E-state index is 12.7. The van der Waals surface area contributed by atoms with Crippen LogP contribution in [0.3, 0.4) is 0 Å². The summed E-state index contributed by atoms with van der Waals surface area (Å²) in [6, 6.07) is 10.8. The fraction of sp³-hybridized carbons (Fsp3) is 0.263. The highest BCUT2D eigenvalue weighted by molar-refractivity contribution is 7.89. The Balaban J connectivity index is 1.76. The molecule has 5 nitrogen and oxygen atoms in total. The second-order valence-corrected chi connectivity index (χ2v) is 10.0. The summed E-state index contributed by atoms with van der Waals surface area (Å²) >= 11 is 2.88. The van der Waals surface area contributed by atoms with Crippen LogP contribution in [0, 0.1) is 13.8 Å². The number of methoxy groups -OCH3 is 1. The zero-order valence-electron chi connectivity index (χ0n) is 15.2. The van der Waals surface area contributed by atoms with Gasteiger partial charge in [0.2, 0.25) is 10.0 Å². The lowest BCUT2D eigenvalue weighted by Gasteiger charge is -2.13. The monoisotopic (exact) mass is 423 g/mol. The van der Waals surface area contributed by atoms with E-state index in [1.807, 2.05) is 43.5 Å². The molecule has 0 saturated heterocycles. The van der Waals surface area contributed by atoms with Crippen LogP contribution < -0.4 is 9.46 Å². The molecular weight excluding hydrogens is 402 g/mol. The summed E-state index contributed by atoms with van der Waals surface area (Å²) in [6.07, 6.45) is -0.680. The maximum Gasteiger partial charge on any atom is 0.244 e. The van der Waals surface area contributed by atoms with Crippen molar-refractivity contribution in [3.05, 3.63) is 67.5 Å². The molecule has 1 aromatic carbocycles. The van der Waals surface area contributed by atoms with Crippen molar-refractivity contribution in [2.75, 3.05) is 7.11 Å². The van der Waals surface area contributed by atoms with Gasteiger partial charge >= 0.3 is 0 Å². The molecule has 0 spiro atoms. The van der Waals surface area contributed by atoms with E-state index in [-0.39, 0.29) is 11.4 Å². The smallest absolute Gasteiger partial charge is 0.244 e. The maximum atomic E-state index is 12.7. The van der Waals surface area contributed by atoms with E-state index in [4.69, 9.17) is 4.74 Å². The highest BCUT2D eigenvalue weighted by atomic mass is 32.2.